The second-order valence-corrected chi connectivity index (χ2v) is 8.02. The van der Waals surface area contributed by atoms with Gasteiger partial charge in [0.05, 0.1) is 15.0 Å². The number of carbonyl (C=O) groups excluding carboxylic acids is 1. The summed E-state index contributed by atoms with van der Waals surface area (Å²) in [6, 6.07) is 12.9. The monoisotopic (exact) mass is 423 g/mol. The molecule has 3 nitrogen and oxygen atoms in total. The van der Waals surface area contributed by atoms with E-state index in [1.807, 2.05) is 43.3 Å². The van der Waals surface area contributed by atoms with Crippen LogP contribution in [0.1, 0.15) is 18.1 Å². The summed E-state index contributed by atoms with van der Waals surface area (Å²) in [6.07, 6.45) is 1.84. The van der Waals surface area contributed by atoms with Crippen LogP contribution in [0.25, 0.3) is 6.08 Å². The van der Waals surface area contributed by atoms with Crippen LogP contribution >= 0.6 is 47.2 Å². The maximum atomic E-state index is 12.2. The zero-order chi connectivity index (χ0) is 18.7. The molecule has 1 fully saturated rings. The molecule has 1 saturated heterocycles. The average Bonchev–Trinajstić information content (AvgIpc) is 2.90. The lowest BCUT2D eigenvalue weighted by molar-refractivity contribution is -0.121. The van der Waals surface area contributed by atoms with Crippen LogP contribution in [0.5, 0.6) is 5.75 Å². The van der Waals surface area contributed by atoms with Crippen molar-refractivity contribution in [3.8, 4) is 5.75 Å². The molecule has 0 atom stereocenters. The minimum Gasteiger partial charge on any atom is -0.489 e. The molecular formula is C19H15Cl2NO2S2. The predicted molar refractivity (Wildman–Crippen MR) is 113 cm³/mol. The van der Waals surface area contributed by atoms with Crippen molar-refractivity contribution in [1.29, 1.82) is 0 Å². The van der Waals surface area contributed by atoms with Gasteiger partial charge in [0.25, 0.3) is 5.91 Å². The molecule has 1 aliphatic rings. The Morgan fingerprint density at radius 3 is 2.50 bits per heavy atom. The molecule has 26 heavy (non-hydrogen) atoms. The number of benzene rings is 2. The summed E-state index contributed by atoms with van der Waals surface area (Å²) in [7, 11) is 0. The van der Waals surface area contributed by atoms with Crippen molar-refractivity contribution in [3.63, 3.8) is 0 Å². The van der Waals surface area contributed by atoms with Gasteiger partial charge < -0.3 is 4.74 Å². The van der Waals surface area contributed by atoms with E-state index in [0.29, 0.717) is 32.4 Å². The number of halogens is 2. The Morgan fingerprint density at radius 1 is 1.15 bits per heavy atom. The lowest BCUT2D eigenvalue weighted by Gasteiger charge is -2.09. The number of thiocarbonyl (C=S) groups is 1. The molecule has 1 aliphatic heterocycles. The Bertz CT molecular complexity index is 882. The molecule has 0 unspecified atom stereocenters. The zero-order valence-electron chi connectivity index (χ0n) is 13.9. The van der Waals surface area contributed by atoms with E-state index >= 15 is 0 Å². The second-order valence-electron chi connectivity index (χ2n) is 5.53. The molecule has 134 valence electrons. The van der Waals surface area contributed by atoms with Crippen LogP contribution < -0.4 is 4.74 Å². The standard InChI is InChI=1S/C19H15Cl2NO2S2/c1-2-22-18(23)17(26-19(22)25)10-12-3-6-14(7-4-12)24-11-13-5-8-15(20)16(21)9-13/h3-10H,2,11H2,1H3/b17-10+. The lowest BCUT2D eigenvalue weighted by Crippen LogP contribution is -2.27. The highest BCUT2D eigenvalue weighted by atomic mass is 35.5. The lowest BCUT2D eigenvalue weighted by atomic mass is 10.2. The van der Waals surface area contributed by atoms with Crippen molar-refractivity contribution in [2.75, 3.05) is 6.54 Å². The van der Waals surface area contributed by atoms with E-state index in [9.17, 15) is 4.79 Å². The van der Waals surface area contributed by atoms with Crippen LogP contribution in [0.2, 0.25) is 10.0 Å². The van der Waals surface area contributed by atoms with Crippen molar-refractivity contribution >= 4 is 63.5 Å². The van der Waals surface area contributed by atoms with Gasteiger partial charge in [-0.05, 0) is 48.4 Å². The first kappa shape index (κ1) is 19.2. The zero-order valence-corrected chi connectivity index (χ0v) is 17.0. The predicted octanol–water partition coefficient (Wildman–Crippen LogP) is 5.79. The number of rotatable bonds is 5. The molecule has 0 bridgehead atoms. The molecule has 0 spiro atoms. The summed E-state index contributed by atoms with van der Waals surface area (Å²) in [6.45, 7) is 2.89. The van der Waals surface area contributed by atoms with Gasteiger partial charge in [-0.3, -0.25) is 9.69 Å². The van der Waals surface area contributed by atoms with Crippen molar-refractivity contribution in [3.05, 3.63) is 68.5 Å². The topological polar surface area (TPSA) is 29.5 Å². The van der Waals surface area contributed by atoms with E-state index in [1.54, 1.807) is 17.0 Å². The molecule has 1 amide bonds. The van der Waals surface area contributed by atoms with Crippen LogP contribution in [-0.4, -0.2) is 21.7 Å². The summed E-state index contributed by atoms with van der Waals surface area (Å²) in [5.74, 6) is 0.691. The first-order valence-corrected chi connectivity index (χ1v) is 9.88. The fourth-order valence-electron chi connectivity index (χ4n) is 2.38. The highest BCUT2D eigenvalue weighted by Crippen LogP contribution is 2.32. The Labute approximate surface area is 171 Å². The molecule has 2 aromatic rings. The SMILES string of the molecule is CCN1C(=O)/C(=C\c2ccc(OCc3ccc(Cl)c(Cl)c3)cc2)SC1=S. The Morgan fingerprint density at radius 2 is 1.88 bits per heavy atom. The number of hydrogen-bond acceptors (Lipinski definition) is 4. The van der Waals surface area contributed by atoms with Gasteiger partial charge >= 0.3 is 0 Å². The van der Waals surface area contributed by atoms with E-state index in [0.717, 1.165) is 16.9 Å². The third kappa shape index (κ3) is 4.41. The molecule has 3 rings (SSSR count). The summed E-state index contributed by atoms with van der Waals surface area (Å²) in [4.78, 5) is 14.5. The Kier molecular flexibility index (Phi) is 6.24. The van der Waals surface area contributed by atoms with E-state index in [-0.39, 0.29) is 5.91 Å². The highest BCUT2D eigenvalue weighted by molar-refractivity contribution is 8.26. The smallest absolute Gasteiger partial charge is 0.266 e. The van der Waals surface area contributed by atoms with E-state index in [4.69, 9.17) is 40.2 Å². The van der Waals surface area contributed by atoms with Crippen LogP contribution in [0.3, 0.4) is 0 Å². The minimum atomic E-state index is -0.0394. The Balaban J connectivity index is 1.65. The van der Waals surface area contributed by atoms with Gasteiger partial charge in [0.15, 0.2) is 0 Å². The molecule has 0 saturated carbocycles. The molecule has 0 N–H and O–H groups in total. The highest BCUT2D eigenvalue weighted by Gasteiger charge is 2.30. The fourth-order valence-corrected chi connectivity index (χ4v) is 4.09. The van der Waals surface area contributed by atoms with Gasteiger partial charge in [-0.15, -0.1) is 0 Å². The maximum absolute atomic E-state index is 12.2. The largest absolute Gasteiger partial charge is 0.489 e. The van der Waals surface area contributed by atoms with Gasteiger partial charge in [0.2, 0.25) is 0 Å². The number of thioether (sulfide) groups is 1. The minimum absolute atomic E-state index is 0.0394. The summed E-state index contributed by atoms with van der Waals surface area (Å²) < 4.78 is 6.36. The summed E-state index contributed by atoms with van der Waals surface area (Å²) >= 11 is 18.5. The third-order valence-electron chi connectivity index (χ3n) is 3.76. The van der Waals surface area contributed by atoms with E-state index in [1.165, 1.54) is 11.8 Å². The van der Waals surface area contributed by atoms with Crippen molar-refractivity contribution in [2.24, 2.45) is 0 Å². The van der Waals surface area contributed by atoms with Gasteiger partial charge in [-0.1, -0.05) is 65.4 Å². The molecule has 0 aliphatic carbocycles. The average molecular weight is 424 g/mol. The normalized spacial score (nSPS) is 15.8. The van der Waals surface area contributed by atoms with Crippen LogP contribution in [0.4, 0.5) is 0 Å². The quantitative estimate of drug-likeness (QED) is 0.449. The molecule has 1 heterocycles. The number of ether oxygens (including phenoxy) is 1. The number of likely N-dealkylation sites (N-methyl/N-ethyl adjacent to an activating group) is 1. The van der Waals surface area contributed by atoms with E-state index < -0.39 is 0 Å². The van der Waals surface area contributed by atoms with Crippen LogP contribution in [0.15, 0.2) is 47.4 Å². The van der Waals surface area contributed by atoms with Gasteiger partial charge in [0.1, 0.15) is 16.7 Å². The van der Waals surface area contributed by atoms with Gasteiger partial charge in [0, 0.05) is 6.54 Å². The summed E-state index contributed by atoms with van der Waals surface area (Å²) in [5, 5.41) is 1.03. The van der Waals surface area contributed by atoms with Crippen LogP contribution in [0, 0.1) is 0 Å². The first-order chi connectivity index (χ1) is 12.5. The second kappa shape index (κ2) is 8.44. The number of nitrogens with zero attached hydrogens (tertiary/aromatic N) is 1. The number of amides is 1. The first-order valence-electron chi connectivity index (χ1n) is 7.90. The van der Waals surface area contributed by atoms with E-state index in [2.05, 4.69) is 0 Å². The fraction of sp³-hybridized carbons (Fsp3) is 0.158. The maximum Gasteiger partial charge on any atom is 0.266 e. The summed E-state index contributed by atoms with van der Waals surface area (Å²) in [5.41, 5.74) is 1.86. The number of hydrogen-bond donors (Lipinski definition) is 0. The van der Waals surface area contributed by atoms with Crippen molar-refractivity contribution < 1.29 is 9.53 Å². The Hall–Kier alpha value is -1.53. The number of carbonyl (C=O) groups is 1. The van der Waals surface area contributed by atoms with Gasteiger partial charge in [-0.25, -0.2) is 0 Å². The van der Waals surface area contributed by atoms with Gasteiger partial charge in [-0.2, -0.15) is 0 Å². The molecule has 0 radical (unpaired) electrons. The van der Waals surface area contributed by atoms with Crippen molar-refractivity contribution in [1.82, 2.24) is 4.90 Å². The molecular weight excluding hydrogens is 409 g/mol. The third-order valence-corrected chi connectivity index (χ3v) is 5.87. The molecule has 2 aromatic carbocycles. The molecule has 0 aromatic heterocycles. The molecule has 7 heteroatoms. The van der Waals surface area contributed by atoms with Crippen LogP contribution in [-0.2, 0) is 11.4 Å². The van der Waals surface area contributed by atoms with Crippen molar-refractivity contribution in [2.45, 2.75) is 13.5 Å².